The summed E-state index contributed by atoms with van der Waals surface area (Å²) in [7, 11) is 1.41. The minimum Gasteiger partial charge on any atom is -0.503 e. The molecule has 2 aromatic rings. The van der Waals surface area contributed by atoms with Gasteiger partial charge >= 0.3 is 0 Å². The summed E-state index contributed by atoms with van der Waals surface area (Å²) in [5.41, 5.74) is 1.29. The third-order valence-electron chi connectivity index (χ3n) is 4.28. The Bertz CT molecular complexity index is 879. The number of ether oxygens (including phenoxy) is 2. The summed E-state index contributed by atoms with van der Waals surface area (Å²) < 4.78 is 24.7. The van der Waals surface area contributed by atoms with Crippen LogP contribution in [0.4, 0.5) is 10.1 Å². The van der Waals surface area contributed by atoms with Gasteiger partial charge in [-0.05, 0) is 42.0 Å². The zero-order valence-electron chi connectivity index (χ0n) is 14.7. The van der Waals surface area contributed by atoms with Crippen molar-refractivity contribution in [1.82, 2.24) is 0 Å². The van der Waals surface area contributed by atoms with Crippen molar-refractivity contribution in [1.29, 1.82) is 0 Å². The van der Waals surface area contributed by atoms with E-state index in [0.717, 1.165) is 0 Å². The maximum atomic E-state index is 14.4. The number of rotatable bonds is 5. The van der Waals surface area contributed by atoms with Gasteiger partial charge in [-0.2, -0.15) is 0 Å². The average Bonchev–Trinajstić information content (AvgIpc) is 2.69. The number of ketones is 1. The molecule has 0 aromatic heterocycles. The van der Waals surface area contributed by atoms with E-state index in [1.807, 2.05) is 4.90 Å². The van der Waals surface area contributed by atoms with Crippen LogP contribution in [0.3, 0.4) is 0 Å². The molecule has 1 aliphatic heterocycles. The largest absolute Gasteiger partial charge is 0.503 e. The first-order chi connectivity index (χ1) is 13.0. The number of methoxy groups -OCH3 is 1. The SMILES string of the molecule is COc1cc(C=CC(=O)c2ccc(N3CCOCC3)c(F)c2)cc(Cl)c1O. The minimum atomic E-state index is -0.439. The first-order valence-electron chi connectivity index (χ1n) is 8.40. The van der Waals surface area contributed by atoms with Crippen LogP contribution in [0, 0.1) is 5.82 Å². The van der Waals surface area contributed by atoms with Crippen molar-refractivity contribution in [3.8, 4) is 11.5 Å². The standard InChI is InChI=1S/C20H19ClFNO4/c1-26-19-11-13(10-15(21)20(19)25)2-5-18(24)14-3-4-17(16(22)12-14)23-6-8-27-9-7-23/h2-5,10-12,25H,6-9H2,1H3. The Kier molecular flexibility index (Phi) is 5.98. The third-order valence-corrected chi connectivity index (χ3v) is 4.57. The smallest absolute Gasteiger partial charge is 0.185 e. The predicted octanol–water partition coefficient (Wildman–Crippen LogP) is 3.93. The Hall–Kier alpha value is -2.57. The number of hydrogen-bond acceptors (Lipinski definition) is 5. The Morgan fingerprint density at radius 3 is 2.70 bits per heavy atom. The van der Waals surface area contributed by atoms with Gasteiger partial charge in [0.05, 0.1) is 31.0 Å². The lowest BCUT2D eigenvalue weighted by molar-refractivity contribution is 0.104. The number of nitrogens with zero attached hydrogens (tertiary/aromatic N) is 1. The summed E-state index contributed by atoms with van der Waals surface area (Å²) in [6.07, 6.45) is 2.86. The number of benzene rings is 2. The van der Waals surface area contributed by atoms with Gasteiger partial charge in [-0.25, -0.2) is 4.39 Å². The highest BCUT2D eigenvalue weighted by Gasteiger charge is 2.16. The zero-order valence-corrected chi connectivity index (χ0v) is 15.5. The van der Waals surface area contributed by atoms with Crippen molar-refractivity contribution < 1.29 is 23.8 Å². The molecule has 5 nitrogen and oxygen atoms in total. The topological polar surface area (TPSA) is 59.0 Å². The Morgan fingerprint density at radius 2 is 2.04 bits per heavy atom. The number of allylic oxidation sites excluding steroid dienone is 1. The molecule has 0 spiro atoms. The summed E-state index contributed by atoms with van der Waals surface area (Å²) >= 11 is 5.93. The summed E-state index contributed by atoms with van der Waals surface area (Å²) in [5.74, 6) is -0.741. The van der Waals surface area contributed by atoms with Crippen LogP contribution in [0.25, 0.3) is 6.08 Å². The predicted molar refractivity (Wildman–Crippen MR) is 102 cm³/mol. The number of carbonyl (C=O) groups is 1. The fourth-order valence-electron chi connectivity index (χ4n) is 2.83. The molecule has 2 aromatic carbocycles. The number of carbonyl (C=O) groups excluding carboxylic acids is 1. The molecule has 1 heterocycles. The van der Waals surface area contributed by atoms with Crippen LogP contribution >= 0.6 is 11.6 Å². The lowest BCUT2D eigenvalue weighted by atomic mass is 10.1. The molecule has 142 valence electrons. The highest BCUT2D eigenvalue weighted by atomic mass is 35.5. The molecule has 1 fully saturated rings. The lowest BCUT2D eigenvalue weighted by Crippen LogP contribution is -2.36. The molecule has 0 aliphatic carbocycles. The third kappa shape index (κ3) is 4.40. The van der Waals surface area contributed by atoms with Crippen LogP contribution in [0.2, 0.25) is 5.02 Å². The van der Waals surface area contributed by atoms with Crippen LogP contribution in [0.15, 0.2) is 36.4 Å². The molecule has 0 unspecified atom stereocenters. The molecule has 1 N–H and O–H groups in total. The molecule has 0 amide bonds. The van der Waals surface area contributed by atoms with Gasteiger partial charge in [-0.3, -0.25) is 4.79 Å². The van der Waals surface area contributed by atoms with Crippen LogP contribution in [0.1, 0.15) is 15.9 Å². The van der Waals surface area contributed by atoms with E-state index >= 15 is 0 Å². The van der Waals surface area contributed by atoms with Gasteiger partial charge in [0, 0.05) is 18.7 Å². The van der Waals surface area contributed by atoms with Gasteiger partial charge in [0.25, 0.3) is 0 Å². The summed E-state index contributed by atoms with van der Waals surface area (Å²) in [4.78, 5) is 14.3. The first kappa shape index (κ1) is 19.2. The second-order valence-electron chi connectivity index (χ2n) is 6.02. The van der Waals surface area contributed by atoms with Crippen molar-refractivity contribution in [2.45, 2.75) is 0 Å². The van der Waals surface area contributed by atoms with E-state index in [2.05, 4.69) is 0 Å². The summed E-state index contributed by atoms with van der Waals surface area (Å²) in [6, 6.07) is 7.51. The van der Waals surface area contributed by atoms with Gasteiger partial charge in [0.1, 0.15) is 5.82 Å². The van der Waals surface area contributed by atoms with Gasteiger partial charge in [-0.1, -0.05) is 17.7 Å². The number of phenolic OH excluding ortho intramolecular Hbond substituents is 1. The van der Waals surface area contributed by atoms with Crippen LogP contribution in [-0.2, 0) is 4.74 Å². The summed E-state index contributed by atoms with van der Waals surface area (Å²) in [5, 5.41) is 9.85. The first-order valence-corrected chi connectivity index (χ1v) is 8.78. The number of aromatic hydroxyl groups is 1. The molecule has 1 saturated heterocycles. The molecule has 7 heteroatoms. The van der Waals surface area contributed by atoms with Gasteiger partial charge in [0.15, 0.2) is 17.3 Å². The second kappa shape index (κ2) is 8.41. The number of halogens is 2. The monoisotopic (exact) mass is 391 g/mol. The summed E-state index contributed by atoms with van der Waals surface area (Å²) in [6.45, 7) is 2.35. The maximum absolute atomic E-state index is 14.4. The maximum Gasteiger partial charge on any atom is 0.185 e. The highest BCUT2D eigenvalue weighted by molar-refractivity contribution is 6.32. The molecular formula is C20H19ClFNO4. The van der Waals surface area contributed by atoms with Crippen LogP contribution in [0.5, 0.6) is 11.5 Å². The molecule has 3 rings (SSSR count). The van der Waals surface area contributed by atoms with E-state index in [1.165, 1.54) is 31.4 Å². The number of hydrogen-bond donors (Lipinski definition) is 1. The fraction of sp³-hybridized carbons (Fsp3) is 0.250. The van der Waals surface area contributed by atoms with Gasteiger partial charge in [0.2, 0.25) is 0 Å². The van der Waals surface area contributed by atoms with Crippen molar-refractivity contribution in [2.75, 3.05) is 38.3 Å². The highest BCUT2D eigenvalue weighted by Crippen LogP contribution is 2.35. The van der Waals surface area contributed by atoms with Crippen molar-refractivity contribution >= 4 is 29.1 Å². The molecule has 27 heavy (non-hydrogen) atoms. The van der Waals surface area contributed by atoms with E-state index in [-0.39, 0.29) is 27.9 Å². The molecule has 0 radical (unpaired) electrons. The normalized spacial score (nSPS) is 14.6. The van der Waals surface area contributed by atoms with Crippen LogP contribution in [-0.4, -0.2) is 44.3 Å². The number of morpholine rings is 1. The van der Waals surface area contributed by atoms with Crippen LogP contribution < -0.4 is 9.64 Å². The molecular weight excluding hydrogens is 373 g/mol. The zero-order chi connectivity index (χ0) is 19.4. The van der Waals surface area contributed by atoms with E-state index in [4.69, 9.17) is 21.1 Å². The Morgan fingerprint density at radius 1 is 1.30 bits per heavy atom. The van der Waals surface area contributed by atoms with Gasteiger partial charge < -0.3 is 19.5 Å². The molecule has 0 saturated carbocycles. The minimum absolute atomic E-state index is 0.113. The van der Waals surface area contributed by atoms with E-state index in [0.29, 0.717) is 37.6 Å². The Labute approximate surface area is 161 Å². The van der Waals surface area contributed by atoms with Crippen molar-refractivity contribution in [3.05, 3.63) is 58.4 Å². The molecule has 0 bridgehead atoms. The fourth-order valence-corrected chi connectivity index (χ4v) is 3.05. The quantitative estimate of drug-likeness (QED) is 0.618. The van der Waals surface area contributed by atoms with Crippen molar-refractivity contribution in [2.24, 2.45) is 0 Å². The van der Waals surface area contributed by atoms with E-state index < -0.39 is 5.82 Å². The Balaban J connectivity index is 1.77. The van der Waals surface area contributed by atoms with E-state index in [1.54, 1.807) is 18.2 Å². The number of phenols is 1. The molecule has 0 atom stereocenters. The lowest BCUT2D eigenvalue weighted by Gasteiger charge is -2.29. The van der Waals surface area contributed by atoms with Crippen molar-refractivity contribution in [3.63, 3.8) is 0 Å². The second-order valence-corrected chi connectivity index (χ2v) is 6.42. The van der Waals surface area contributed by atoms with Gasteiger partial charge in [-0.15, -0.1) is 0 Å². The average molecular weight is 392 g/mol. The van der Waals surface area contributed by atoms with E-state index in [9.17, 15) is 14.3 Å². The molecule has 1 aliphatic rings. The number of anilines is 1.